The molecule has 21 nitrogen and oxygen atoms in total. The van der Waals surface area contributed by atoms with Gasteiger partial charge in [-0.15, -0.1) is 0 Å². The molecule has 1 aliphatic rings. The molecular formula is C42H59N13O8. The lowest BCUT2D eigenvalue weighted by molar-refractivity contribution is -0.135. The molecule has 0 unspecified atom stereocenters. The van der Waals surface area contributed by atoms with Gasteiger partial charge in [-0.05, 0) is 62.8 Å². The number of nitrogens with one attached hydrogen (secondary N) is 10. The molecular weight excluding hydrogens is 815 g/mol. The average molecular weight is 874 g/mol. The second kappa shape index (κ2) is 24.4. The fourth-order valence-electron chi connectivity index (χ4n) is 7.12. The minimum atomic E-state index is -1.53. The number of hydrogen-bond donors (Lipinski definition) is 13. The number of nitrogens with two attached hydrogens (primary N) is 3. The SMILES string of the molecule is CN[C@H]1CCC(=O)NCCCC[C@@H](C(N)=O)NC(=O)[C@H](Cc2c[nH]c3ccccc23)NC(=O)[C@H](CCCNC(=N)N)NC(=O)[C@@H](Cc2ccccc2)NC(=O)[C@H](CC(N)=O)NC1=O. The second-order valence-electron chi connectivity index (χ2n) is 15.3. The number of carbonyl (C=O) groups is 8. The molecule has 0 spiro atoms. The lowest BCUT2D eigenvalue weighted by Gasteiger charge is -2.27. The molecule has 0 saturated carbocycles. The van der Waals surface area contributed by atoms with Gasteiger partial charge in [0.2, 0.25) is 47.3 Å². The van der Waals surface area contributed by atoms with Crippen LogP contribution < -0.4 is 59.7 Å². The number of primary amides is 2. The summed E-state index contributed by atoms with van der Waals surface area (Å²) in [6, 6.07) is 8.35. The van der Waals surface area contributed by atoms with Crippen molar-refractivity contribution in [3.63, 3.8) is 0 Å². The Morgan fingerprint density at radius 3 is 2.03 bits per heavy atom. The van der Waals surface area contributed by atoms with Crippen LogP contribution in [0.4, 0.5) is 0 Å². The fourth-order valence-corrected chi connectivity index (χ4v) is 7.12. The maximum atomic E-state index is 14.4. The van der Waals surface area contributed by atoms with Crippen molar-refractivity contribution >= 4 is 64.1 Å². The third-order valence-electron chi connectivity index (χ3n) is 10.5. The first-order valence-corrected chi connectivity index (χ1v) is 20.8. The lowest BCUT2D eigenvalue weighted by atomic mass is 10.0. The summed E-state index contributed by atoms with van der Waals surface area (Å²) in [5.74, 6) is -6.38. The van der Waals surface area contributed by atoms with Gasteiger partial charge in [0.05, 0.1) is 12.5 Å². The van der Waals surface area contributed by atoms with Crippen molar-refractivity contribution < 1.29 is 38.4 Å². The van der Waals surface area contributed by atoms with Crippen molar-refractivity contribution in [3.05, 3.63) is 71.9 Å². The maximum Gasteiger partial charge on any atom is 0.243 e. The minimum absolute atomic E-state index is 0.0129. The van der Waals surface area contributed by atoms with Crippen LogP contribution in [0.15, 0.2) is 60.8 Å². The smallest absolute Gasteiger partial charge is 0.243 e. The van der Waals surface area contributed by atoms with Gasteiger partial charge in [-0.2, -0.15) is 0 Å². The van der Waals surface area contributed by atoms with E-state index >= 15 is 0 Å². The highest BCUT2D eigenvalue weighted by atomic mass is 16.2. The van der Waals surface area contributed by atoms with Crippen LogP contribution in [0.3, 0.4) is 0 Å². The number of carbonyl (C=O) groups excluding carboxylic acids is 8. The zero-order valence-electron chi connectivity index (χ0n) is 35.2. The number of guanidine groups is 1. The standard InChI is InChI=1S/C42H59N13O8/c1-47-29-16-17-35(57)48-18-8-7-14-28(36(44)58)51-40(62)32(21-25-23-50-27-13-6-5-12-26(25)27)54-38(60)30(15-9-19-49-42(45)46)52-39(61)31(20-24-10-3-2-4-11-24)53-41(63)33(22-34(43)56)55-37(29)59/h2-6,10-13,23,28-33,47,50H,7-9,14-22H2,1H3,(H2,43,56)(H2,44,58)(H,48,57)(H,51,62)(H,52,61)(H,53,63)(H,54,60)(H,55,59)(H4,45,46,49)/t28-,29-,30-,31+,32-,33-/m0/s1. The van der Waals surface area contributed by atoms with Crippen LogP contribution in [0.25, 0.3) is 10.9 Å². The average Bonchev–Trinajstić information content (AvgIpc) is 3.65. The monoisotopic (exact) mass is 873 g/mol. The number of benzene rings is 2. The summed E-state index contributed by atoms with van der Waals surface area (Å²) in [7, 11) is 1.49. The van der Waals surface area contributed by atoms with Gasteiger partial charge in [0, 0.05) is 49.5 Å². The van der Waals surface area contributed by atoms with Crippen LogP contribution in [0.2, 0.25) is 0 Å². The Labute approximate surface area is 364 Å². The molecule has 1 fully saturated rings. The van der Waals surface area contributed by atoms with Gasteiger partial charge in [0.1, 0.15) is 30.2 Å². The number of likely N-dealkylation sites (N-methyl/N-ethyl adjacent to an activating group) is 1. The predicted octanol–water partition coefficient (Wildman–Crippen LogP) is -2.33. The molecule has 16 N–H and O–H groups in total. The summed E-state index contributed by atoms with van der Waals surface area (Å²) in [4.78, 5) is 111. The number of aromatic nitrogens is 1. The van der Waals surface area contributed by atoms with Crippen LogP contribution in [0, 0.1) is 5.41 Å². The molecule has 21 heteroatoms. The van der Waals surface area contributed by atoms with E-state index < -0.39 is 84.0 Å². The Morgan fingerprint density at radius 1 is 0.730 bits per heavy atom. The van der Waals surface area contributed by atoms with Gasteiger partial charge in [-0.25, -0.2) is 0 Å². The molecule has 2 heterocycles. The van der Waals surface area contributed by atoms with Crippen molar-refractivity contribution in [2.75, 3.05) is 20.1 Å². The van der Waals surface area contributed by atoms with Gasteiger partial charge in [0.15, 0.2) is 5.96 Å². The fraction of sp³-hybridized carbons (Fsp3) is 0.452. The molecule has 4 rings (SSSR count). The number of para-hydroxylation sites is 1. The highest BCUT2D eigenvalue weighted by Crippen LogP contribution is 2.20. The van der Waals surface area contributed by atoms with Gasteiger partial charge < -0.3 is 64.7 Å². The van der Waals surface area contributed by atoms with E-state index in [1.54, 1.807) is 36.5 Å². The van der Waals surface area contributed by atoms with Crippen LogP contribution in [-0.2, 0) is 51.2 Å². The highest BCUT2D eigenvalue weighted by molar-refractivity contribution is 5.98. The normalized spacial score (nSPS) is 22.8. The summed E-state index contributed by atoms with van der Waals surface area (Å²) in [5, 5.41) is 29.8. The van der Waals surface area contributed by atoms with Crippen molar-refractivity contribution in [1.82, 2.24) is 47.5 Å². The Hall–Kier alpha value is -7.03. The van der Waals surface area contributed by atoms with Crippen LogP contribution in [0.1, 0.15) is 62.5 Å². The first-order valence-electron chi connectivity index (χ1n) is 20.8. The Morgan fingerprint density at radius 2 is 1.35 bits per heavy atom. The lowest BCUT2D eigenvalue weighted by Crippen LogP contribution is -2.60. The topological polar surface area (TPSA) is 350 Å². The van der Waals surface area contributed by atoms with E-state index in [-0.39, 0.29) is 69.9 Å². The van der Waals surface area contributed by atoms with Gasteiger partial charge in [-0.3, -0.25) is 43.8 Å². The molecule has 1 aliphatic heterocycles. The van der Waals surface area contributed by atoms with Crippen LogP contribution in [-0.4, -0.2) is 115 Å². The molecule has 0 bridgehead atoms. The Kier molecular flexibility index (Phi) is 18.9. The van der Waals surface area contributed by atoms with E-state index in [2.05, 4.69) is 47.5 Å². The highest BCUT2D eigenvalue weighted by Gasteiger charge is 2.34. The molecule has 1 aromatic heterocycles. The predicted molar refractivity (Wildman–Crippen MR) is 233 cm³/mol. The van der Waals surface area contributed by atoms with E-state index in [9.17, 15) is 38.4 Å². The first-order chi connectivity index (χ1) is 30.1. The number of H-pyrrole nitrogens is 1. The number of rotatable bonds is 12. The van der Waals surface area contributed by atoms with E-state index in [0.717, 1.165) is 10.9 Å². The molecule has 0 radical (unpaired) electrons. The number of aromatic amines is 1. The summed E-state index contributed by atoms with van der Waals surface area (Å²) in [5.41, 5.74) is 18.7. The Balaban J connectivity index is 1.73. The summed E-state index contributed by atoms with van der Waals surface area (Å²) in [6.45, 7) is 0.360. The van der Waals surface area contributed by atoms with E-state index in [4.69, 9.17) is 22.6 Å². The third kappa shape index (κ3) is 15.7. The molecule has 8 amide bonds. The van der Waals surface area contributed by atoms with Crippen molar-refractivity contribution in [1.29, 1.82) is 5.41 Å². The summed E-state index contributed by atoms with van der Waals surface area (Å²) in [6.07, 6.45) is 1.94. The number of amides is 8. The number of hydrogen-bond acceptors (Lipinski definition) is 10. The maximum absolute atomic E-state index is 14.4. The second-order valence-corrected chi connectivity index (χ2v) is 15.3. The molecule has 63 heavy (non-hydrogen) atoms. The van der Waals surface area contributed by atoms with Crippen molar-refractivity contribution in [2.45, 2.75) is 100 Å². The molecule has 340 valence electrons. The third-order valence-corrected chi connectivity index (χ3v) is 10.5. The number of fused-ring (bicyclic) bond motifs is 1. The minimum Gasteiger partial charge on any atom is -0.370 e. The van der Waals surface area contributed by atoms with Crippen LogP contribution in [0.5, 0.6) is 0 Å². The molecule has 3 aromatic rings. The van der Waals surface area contributed by atoms with E-state index in [0.29, 0.717) is 24.0 Å². The van der Waals surface area contributed by atoms with Crippen LogP contribution >= 0.6 is 0 Å². The van der Waals surface area contributed by atoms with Gasteiger partial charge in [0.25, 0.3) is 0 Å². The zero-order valence-corrected chi connectivity index (χ0v) is 35.2. The van der Waals surface area contributed by atoms with E-state index in [1.165, 1.54) is 7.05 Å². The van der Waals surface area contributed by atoms with E-state index in [1.807, 2.05) is 24.3 Å². The Bertz CT molecular complexity index is 2100. The van der Waals surface area contributed by atoms with Crippen molar-refractivity contribution in [3.8, 4) is 0 Å². The summed E-state index contributed by atoms with van der Waals surface area (Å²) >= 11 is 0. The zero-order chi connectivity index (χ0) is 45.9. The van der Waals surface area contributed by atoms with Gasteiger partial charge in [-0.1, -0.05) is 48.5 Å². The van der Waals surface area contributed by atoms with Crippen molar-refractivity contribution in [2.24, 2.45) is 17.2 Å². The molecule has 6 atom stereocenters. The quantitative estimate of drug-likeness (QED) is 0.0520. The molecule has 2 aromatic carbocycles. The largest absolute Gasteiger partial charge is 0.370 e. The molecule has 1 saturated heterocycles. The van der Waals surface area contributed by atoms with Gasteiger partial charge >= 0.3 is 0 Å². The molecule has 0 aliphatic carbocycles. The first kappa shape index (κ1) is 48.6. The summed E-state index contributed by atoms with van der Waals surface area (Å²) < 4.78 is 0.